The fourth-order valence-electron chi connectivity index (χ4n) is 10.7. The van der Waals surface area contributed by atoms with Crippen LogP contribution in [0.3, 0.4) is 0 Å². The van der Waals surface area contributed by atoms with Gasteiger partial charge in [0.25, 0.3) is 0 Å². The second-order valence-corrected chi connectivity index (χ2v) is 17.2. The summed E-state index contributed by atoms with van der Waals surface area (Å²) in [4.78, 5) is 7.39. The lowest BCUT2D eigenvalue weighted by molar-refractivity contribution is 0.669. The van der Waals surface area contributed by atoms with E-state index >= 15 is 0 Å². The Balaban J connectivity index is 0.915. The molecular formula is C60H39N5O. The summed E-state index contributed by atoms with van der Waals surface area (Å²) in [6.45, 7) is 5.13. The molecule has 5 aromatic heterocycles. The van der Waals surface area contributed by atoms with Crippen LogP contribution in [0.25, 0.3) is 110 Å². The molecule has 0 aliphatic carbocycles. The van der Waals surface area contributed by atoms with Crippen molar-refractivity contribution < 1.29 is 4.42 Å². The van der Waals surface area contributed by atoms with Gasteiger partial charge in [-0.3, -0.25) is 4.57 Å². The highest BCUT2D eigenvalue weighted by Gasteiger charge is 2.21. The summed E-state index contributed by atoms with van der Waals surface area (Å²) in [7, 11) is 0. The van der Waals surface area contributed by atoms with Gasteiger partial charge in [-0.05, 0) is 115 Å². The summed E-state index contributed by atoms with van der Waals surface area (Å²) in [5, 5.41) is 9.26. The highest BCUT2D eigenvalue weighted by Crippen LogP contribution is 2.42. The predicted molar refractivity (Wildman–Crippen MR) is 275 cm³/mol. The van der Waals surface area contributed by atoms with Gasteiger partial charge in [0.2, 0.25) is 0 Å². The molecule has 1 aliphatic heterocycles. The summed E-state index contributed by atoms with van der Waals surface area (Å²) in [5.41, 5.74) is 16.0. The van der Waals surface area contributed by atoms with Crippen LogP contribution in [0.4, 0.5) is 11.4 Å². The fourth-order valence-corrected chi connectivity index (χ4v) is 10.7. The van der Waals surface area contributed by atoms with E-state index in [2.05, 4.69) is 225 Å². The van der Waals surface area contributed by atoms with Gasteiger partial charge in [0, 0.05) is 89.8 Å². The molecule has 0 fully saturated rings. The van der Waals surface area contributed by atoms with Crippen molar-refractivity contribution in [2.75, 3.05) is 11.4 Å². The monoisotopic (exact) mass is 845 g/mol. The summed E-state index contributed by atoms with van der Waals surface area (Å²) in [6, 6.07) is 65.6. The third-order valence-corrected chi connectivity index (χ3v) is 13.6. The highest BCUT2D eigenvalue weighted by atomic mass is 16.3. The molecule has 0 saturated carbocycles. The molecule has 0 bridgehead atoms. The van der Waals surface area contributed by atoms with Gasteiger partial charge >= 0.3 is 0 Å². The average molecular weight is 846 g/mol. The molecule has 14 rings (SSSR count). The molecule has 66 heavy (non-hydrogen) atoms. The summed E-state index contributed by atoms with van der Waals surface area (Å²) < 4.78 is 13.6. The molecule has 6 nitrogen and oxygen atoms in total. The fraction of sp³-hybridized carbons (Fsp3) is 0.0167. The molecule has 0 N–H and O–H groups in total. The lowest BCUT2D eigenvalue weighted by atomic mass is 10.0. The summed E-state index contributed by atoms with van der Waals surface area (Å²) in [5.74, 6) is 0. The topological polar surface area (TPSA) is 44.1 Å². The molecule has 6 heteroatoms. The van der Waals surface area contributed by atoms with Crippen molar-refractivity contribution in [3.05, 3.63) is 225 Å². The maximum Gasteiger partial charge on any atom is 0.145 e. The van der Waals surface area contributed by atoms with Gasteiger partial charge in [-0.1, -0.05) is 104 Å². The number of allylic oxidation sites excluding steroid dienone is 4. The van der Waals surface area contributed by atoms with E-state index in [1.165, 1.54) is 32.6 Å². The number of rotatable bonds is 4. The van der Waals surface area contributed by atoms with E-state index in [9.17, 15) is 0 Å². The Kier molecular flexibility index (Phi) is 7.80. The number of hydrogen-bond donors (Lipinski definition) is 0. The minimum atomic E-state index is 0.735. The Hall–Kier alpha value is -8.87. The number of pyridine rings is 1. The van der Waals surface area contributed by atoms with E-state index in [1.54, 1.807) is 0 Å². The van der Waals surface area contributed by atoms with Crippen LogP contribution in [-0.2, 0) is 0 Å². The third-order valence-electron chi connectivity index (χ3n) is 13.6. The Bertz CT molecular complexity index is 4190. The van der Waals surface area contributed by atoms with Crippen LogP contribution in [0.5, 0.6) is 0 Å². The largest absolute Gasteiger partial charge is 0.456 e. The zero-order chi connectivity index (χ0) is 43.5. The first-order valence-corrected chi connectivity index (χ1v) is 22.4. The lowest BCUT2D eigenvalue weighted by Crippen LogP contribution is -2.18. The SMILES string of the molecule is C=C1/C=C\C=C/CN(c2ccc3c(c2)c2ccccc2n3-c2ccc3oc4ccc(-n5c6ccc(-n7c8ccccc8c8ccccc87)cc6c6cccnc65)cc4c3c2)c2ccccc21. The zero-order valence-corrected chi connectivity index (χ0v) is 35.8. The molecule has 0 spiro atoms. The van der Waals surface area contributed by atoms with Crippen molar-refractivity contribution in [1.29, 1.82) is 0 Å². The molecule has 13 aromatic rings. The molecule has 6 heterocycles. The Morgan fingerprint density at radius 2 is 0.924 bits per heavy atom. The van der Waals surface area contributed by atoms with E-state index in [-0.39, 0.29) is 0 Å². The van der Waals surface area contributed by atoms with E-state index in [4.69, 9.17) is 9.40 Å². The zero-order valence-electron chi connectivity index (χ0n) is 35.8. The molecule has 310 valence electrons. The second-order valence-electron chi connectivity index (χ2n) is 17.2. The number of furan rings is 1. The van der Waals surface area contributed by atoms with Crippen molar-refractivity contribution in [1.82, 2.24) is 18.7 Å². The summed E-state index contributed by atoms with van der Waals surface area (Å²) in [6.07, 6.45) is 10.4. The molecule has 8 aromatic carbocycles. The molecular weight excluding hydrogens is 807 g/mol. The van der Waals surface area contributed by atoms with Gasteiger partial charge < -0.3 is 18.5 Å². The number of benzene rings is 8. The number of aromatic nitrogens is 4. The maximum atomic E-state index is 6.56. The van der Waals surface area contributed by atoms with Crippen LogP contribution in [0.2, 0.25) is 0 Å². The molecule has 0 saturated heterocycles. The van der Waals surface area contributed by atoms with Crippen LogP contribution >= 0.6 is 0 Å². The number of para-hydroxylation sites is 4. The minimum absolute atomic E-state index is 0.735. The van der Waals surface area contributed by atoms with Gasteiger partial charge in [0.15, 0.2) is 0 Å². The van der Waals surface area contributed by atoms with E-state index in [1.807, 2.05) is 12.3 Å². The lowest BCUT2D eigenvalue weighted by Gasteiger charge is -2.26. The highest BCUT2D eigenvalue weighted by molar-refractivity contribution is 6.14. The first-order chi connectivity index (χ1) is 32.7. The van der Waals surface area contributed by atoms with Gasteiger partial charge in [0.1, 0.15) is 16.8 Å². The molecule has 0 amide bonds. The average Bonchev–Trinajstić information content (AvgIpc) is 4.11. The Labute approximate surface area is 379 Å². The van der Waals surface area contributed by atoms with Gasteiger partial charge in [-0.2, -0.15) is 0 Å². The number of nitrogens with zero attached hydrogens (tertiary/aromatic N) is 5. The molecule has 0 radical (unpaired) electrons. The van der Waals surface area contributed by atoms with Gasteiger partial charge in [-0.25, -0.2) is 4.98 Å². The van der Waals surface area contributed by atoms with E-state index in [0.29, 0.717) is 0 Å². The molecule has 1 aliphatic rings. The number of anilines is 2. The third kappa shape index (κ3) is 5.33. The standard InChI is InChI=1S/C60H39N5O/c1-38-14-3-2-12-33-62(52-20-8-4-15-43(38)52)39-24-28-56-48(34-39)46-18-7-11-23-55(46)64(56)41-26-30-58-50(36-41)51-37-42(27-31-59(51)66-58)65-57-29-25-40(35-49(57)47-19-13-32-61-60(47)65)63-53-21-9-5-16-44(53)45-17-6-10-22-54(45)63/h2-32,34-37H,1,33H2/b12-2-,14-3-. The molecule has 0 atom stereocenters. The normalized spacial score (nSPS) is 14.2. The van der Waals surface area contributed by atoms with Gasteiger partial charge in [0.05, 0.1) is 27.6 Å². The predicted octanol–water partition coefficient (Wildman–Crippen LogP) is 15.5. The summed E-state index contributed by atoms with van der Waals surface area (Å²) >= 11 is 0. The van der Waals surface area contributed by atoms with Crippen molar-refractivity contribution in [3.8, 4) is 17.1 Å². The van der Waals surface area contributed by atoms with Crippen LogP contribution < -0.4 is 4.90 Å². The first kappa shape index (κ1) is 36.6. The number of fused-ring (bicyclic) bond motifs is 13. The van der Waals surface area contributed by atoms with Crippen LogP contribution in [0.15, 0.2) is 223 Å². The van der Waals surface area contributed by atoms with Crippen LogP contribution in [0, 0.1) is 0 Å². The maximum absolute atomic E-state index is 6.56. The van der Waals surface area contributed by atoms with Gasteiger partial charge in [-0.15, -0.1) is 0 Å². The second kappa shape index (κ2) is 14.1. The smallest absolute Gasteiger partial charge is 0.145 e. The van der Waals surface area contributed by atoms with Crippen molar-refractivity contribution >= 4 is 104 Å². The van der Waals surface area contributed by atoms with E-state index in [0.717, 1.165) is 101 Å². The van der Waals surface area contributed by atoms with Crippen molar-refractivity contribution in [3.63, 3.8) is 0 Å². The van der Waals surface area contributed by atoms with Crippen LogP contribution in [-0.4, -0.2) is 25.2 Å². The quantitative estimate of drug-likeness (QED) is 0.177. The Morgan fingerprint density at radius 1 is 0.424 bits per heavy atom. The van der Waals surface area contributed by atoms with E-state index < -0.39 is 0 Å². The van der Waals surface area contributed by atoms with Crippen molar-refractivity contribution in [2.45, 2.75) is 0 Å². The van der Waals surface area contributed by atoms with Crippen molar-refractivity contribution in [2.24, 2.45) is 0 Å². The number of hydrogen-bond acceptors (Lipinski definition) is 3. The Morgan fingerprint density at radius 3 is 1.62 bits per heavy atom. The minimum Gasteiger partial charge on any atom is -0.456 e. The first-order valence-electron chi connectivity index (χ1n) is 22.4. The molecule has 0 unspecified atom stereocenters. The van der Waals surface area contributed by atoms with Crippen LogP contribution in [0.1, 0.15) is 5.56 Å².